The van der Waals surface area contributed by atoms with Gasteiger partial charge >= 0.3 is 0 Å². The zero-order valence-electron chi connectivity index (χ0n) is 11.6. The molecule has 96 valence electrons. The van der Waals surface area contributed by atoms with E-state index in [9.17, 15) is 0 Å². The summed E-state index contributed by atoms with van der Waals surface area (Å²) in [6, 6.07) is 6.12. The topological polar surface area (TPSA) is 42.2 Å². The summed E-state index contributed by atoms with van der Waals surface area (Å²) >= 11 is 0. The molecule has 0 bridgehead atoms. The molecule has 0 saturated carbocycles. The molecule has 18 heavy (non-hydrogen) atoms. The number of pyridine rings is 1. The van der Waals surface area contributed by atoms with Gasteiger partial charge in [0.05, 0.1) is 11.4 Å². The molecule has 0 radical (unpaired) electrons. The van der Waals surface area contributed by atoms with E-state index >= 15 is 0 Å². The molecule has 0 atom stereocenters. The van der Waals surface area contributed by atoms with Crippen molar-refractivity contribution in [3.05, 3.63) is 30.6 Å². The molecule has 0 amide bonds. The van der Waals surface area contributed by atoms with E-state index in [1.54, 1.807) is 6.20 Å². The fourth-order valence-electron chi connectivity index (χ4n) is 2.31. The molecular weight excluding hydrogens is 222 g/mol. The van der Waals surface area contributed by atoms with Crippen molar-refractivity contribution in [3.8, 4) is 0 Å². The lowest BCUT2D eigenvalue weighted by molar-refractivity contribution is 0.419. The first kappa shape index (κ1) is 12.7. The second-order valence-corrected chi connectivity index (χ2v) is 6.01. The summed E-state index contributed by atoms with van der Waals surface area (Å²) in [7, 11) is 2.09. The van der Waals surface area contributed by atoms with Crippen molar-refractivity contribution in [1.29, 1.82) is 0 Å². The van der Waals surface area contributed by atoms with Gasteiger partial charge in [-0.15, -0.1) is 0 Å². The van der Waals surface area contributed by atoms with Crippen LogP contribution in [0.15, 0.2) is 30.6 Å². The van der Waals surface area contributed by atoms with Crippen LogP contribution in [0.2, 0.25) is 0 Å². The minimum absolute atomic E-state index is 0.244. The Morgan fingerprint density at radius 1 is 1.22 bits per heavy atom. The molecule has 2 rings (SSSR count). The molecule has 0 aliphatic rings. The minimum Gasteiger partial charge on any atom is -0.397 e. The first-order valence-electron chi connectivity index (χ1n) is 6.22. The monoisotopic (exact) mass is 243 g/mol. The Morgan fingerprint density at radius 3 is 2.61 bits per heavy atom. The molecule has 0 spiro atoms. The highest BCUT2D eigenvalue weighted by molar-refractivity contribution is 5.98. The molecule has 1 aromatic heterocycles. The lowest BCUT2D eigenvalue weighted by Crippen LogP contribution is -2.29. The van der Waals surface area contributed by atoms with Crippen molar-refractivity contribution in [2.45, 2.75) is 20.8 Å². The minimum atomic E-state index is 0.244. The SMILES string of the molecule is CN(CC(C)(C)C)c1ccc2cnccc2c1N. The second kappa shape index (κ2) is 4.48. The van der Waals surface area contributed by atoms with Gasteiger partial charge in [-0.05, 0) is 17.5 Å². The summed E-state index contributed by atoms with van der Waals surface area (Å²) in [6.07, 6.45) is 3.63. The molecule has 0 unspecified atom stereocenters. The number of benzene rings is 1. The maximum Gasteiger partial charge on any atom is 0.0632 e. The number of rotatable bonds is 2. The molecule has 3 heteroatoms. The van der Waals surface area contributed by atoms with E-state index in [4.69, 9.17) is 5.73 Å². The van der Waals surface area contributed by atoms with Gasteiger partial charge in [-0.3, -0.25) is 4.98 Å². The smallest absolute Gasteiger partial charge is 0.0632 e. The van der Waals surface area contributed by atoms with Crippen molar-refractivity contribution < 1.29 is 0 Å². The van der Waals surface area contributed by atoms with E-state index in [0.29, 0.717) is 0 Å². The van der Waals surface area contributed by atoms with Gasteiger partial charge in [0.2, 0.25) is 0 Å². The van der Waals surface area contributed by atoms with E-state index < -0.39 is 0 Å². The molecule has 0 fully saturated rings. The van der Waals surface area contributed by atoms with Gasteiger partial charge < -0.3 is 10.6 Å². The first-order chi connectivity index (χ1) is 8.38. The van der Waals surface area contributed by atoms with Gasteiger partial charge in [0.1, 0.15) is 0 Å². The predicted octanol–water partition coefficient (Wildman–Crippen LogP) is 3.30. The standard InChI is InChI=1S/C15H21N3/c1-15(2,3)10-18(4)13-6-5-11-9-17-8-7-12(11)14(13)16/h5-9H,10,16H2,1-4H3. The summed E-state index contributed by atoms with van der Waals surface area (Å²) in [4.78, 5) is 6.34. The quantitative estimate of drug-likeness (QED) is 0.823. The Hall–Kier alpha value is -1.77. The normalized spacial score (nSPS) is 11.8. The fraction of sp³-hybridized carbons (Fsp3) is 0.400. The Balaban J connectivity index is 2.43. The second-order valence-electron chi connectivity index (χ2n) is 6.01. The maximum absolute atomic E-state index is 6.27. The average molecular weight is 243 g/mol. The number of fused-ring (bicyclic) bond motifs is 1. The van der Waals surface area contributed by atoms with Crippen LogP contribution in [-0.2, 0) is 0 Å². The van der Waals surface area contributed by atoms with Crippen molar-refractivity contribution in [2.75, 3.05) is 24.2 Å². The molecule has 1 heterocycles. The third-order valence-corrected chi connectivity index (χ3v) is 2.96. The van der Waals surface area contributed by atoms with Crippen LogP contribution in [-0.4, -0.2) is 18.6 Å². The zero-order valence-corrected chi connectivity index (χ0v) is 11.6. The van der Waals surface area contributed by atoms with Crippen LogP contribution in [0.4, 0.5) is 11.4 Å². The number of hydrogen-bond acceptors (Lipinski definition) is 3. The summed E-state index contributed by atoms with van der Waals surface area (Å²) in [5.74, 6) is 0. The van der Waals surface area contributed by atoms with Gasteiger partial charge in [-0.1, -0.05) is 26.8 Å². The molecule has 0 aliphatic carbocycles. The summed E-state index contributed by atoms with van der Waals surface area (Å²) < 4.78 is 0. The van der Waals surface area contributed by atoms with Crippen molar-refractivity contribution in [3.63, 3.8) is 0 Å². The Morgan fingerprint density at radius 2 is 1.94 bits per heavy atom. The number of anilines is 2. The maximum atomic E-state index is 6.27. The molecule has 0 saturated heterocycles. The number of nitrogens with zero attached hydrogens (tertiary/aromatic N) is 2. The average Bonchev–Trinajstić information content (AvgIpc) is 2.27. The van der Waals surface area contributed by atoms with Gasteiger partial charge in [-0.2, -0.15) is 0 Å². The Bertz CT molecular complexity index is 555. The van der Waals surface area contributed by atoms with E-state index in [1.807, 2.05) is 12.3 Å². The third kappa shape index (κ3) is 2.55. The summed E-state index contributed by atoms with van der Waals surface area (Å²) in [5, 5.41) is 2.16. The molecule has 3 nitrogen and oxygen atoms in total. The largest absolute Gasteiger partial charge is 0.397 e. The van der Waals surface area contributed by atoms with Gasteiger partial charge in [-0.25, -0.2) is 0 Å². The van der Waals surface area contributed by atoms with Crippen LogP contribution < -0.4 is 10.6 Å². The highest BCUT2D eigenvalue weighted by atomic mass is 15.1. The van der Waals surface area contributed by atoms with E-state index in [0.717, 1.165) is 28.7 Å². The van der Waals surface area contributed by atoms with Gasteiger partial charge in [0, 0.05) is 36.8 Å². The molecule has 1 aromatic carbocycles. The van der Waals surface area contributed by atoms with Crippen LogP contribution >= 0.6 is 0 Å². The van der Waals surface area contributed by atoms with Crippen LogP contribution in [0.5, 0.6) is 0 Å². The van der Waals surface area contributed by atoms with E-state index in [1.165, 1.54) is 0 Å². The lowest BCUT2D eigenvalue weighted by atomic mass is 9.96. The number of aromatic nitrogens is 1. The van der Waals surface area contributed by atoms with E-state index in [-0.39, 0.29) is 5.41 Å². The molecule has 0 aliphatic heterocycles. The lowest BCUT2D eigenvalue weighted by Gasteiger charge is -2.29. The molecular formula is C15H21N3. The molecule has 2 N–H and O–H groups in total. The highest BCUT2D eigenvalue weighted by Gasteiger charge is 2.16. The van der Waals surface area contributed by atoms with Crippen LogP contribution in [0.25, 0.3) is 10.8 Å². The molecule has 2 aromatic rings. The summed E-state index contributed by atoms with van der Waals surface area (Å²) in [5.41, 5.74) is 8.44. The van der Waals surface area contributed by atoms with Crippen LogP contribution in [0, 0.1) is 5.41 Å². The first-order valence-corrected chi connectivity index (χ1v) is 6.22. The van der Waals surface area contributed by atoms with Gasteiger partial charge in [0.25, 0.3) is 0 Å². The zero-order chi connectivity index (χ0) is 13.3. The fourth-order valence-corrected chi connectivity index (χ4v) is 2.31. The number of hydrogen-bond donors (Lipinski definition) is 1. The van der Waals surface area contributed by atoms with Crippen molar-refractivity contribution in [1.82, 2.24) is 4.98 Å². The van der Waals surface area contributed by atoms with Crippen LogP contribution in [0.3, 0.4) is 0 Å². The van der Waals surface area contributed by atoms with E-state index in [2.05, 4.69) is 49.8 Å². The van der Waals surface area contributed by atoms with Gasteiger partial charge in [0.15, 0.2) is 0 Å². The van der Waals surface area contributed by atoms with Crippen LogP contribution in [0.1, 0.15) is 20.8 Å². The highest BCUT2D eigenvalue weighted by Crippen LogP contribution is 2.31. The number of nitrogens with two attached hydrogens (primary N) is 1. The number of nitrogen functional groups attached to an aromatic ring is 1. The Labute approximate surface area is 109 Å². The predicted molar refractivity (Wildman–Crippen MR) is 78.9 cm³/mol. The van der Waals surface area contributed by atoms with Crippen molar-refractivity contribution in [2.24, 2.45) is 5.41 Å². The van der Waals surface area contributed by atoms with Crippen molar-refractivity contribution >= 4 is 22.1 Å². The Kier molecular flexibility index (Phi) is 3.16. The summed E-state index contributed by atoms with van der Waals surface area (Å²) in [6.45, 7) is 7.65. The third-order valence-electron chi connectivity index (χ3n) is 2.96.